The monoisotopic (exact) mass is 377 g/mol. The zero-order valence-corrected chi connectivity index (χ0v) is 14.9. The molecule has 2 aromatic rings. The fourth-order valence-corrected chi connectivity index (χ4v) is 3.04. The lowest BCUT2D eigenvalue weighted by Crippen LogP contribution is -2.36. The third-order valence-electron chi connectivity index (χ3n) is 3.73. The molecule has 0 radical (unpaired) electrons. The van der Waals surface area contributed by atoms with Crippen LogP contribution in [0, 0.1) is 13.8 Å². The second-order valence-corrected chi connectivity index (χ2v) is 6.62. The minimum Gasteiger partial charge on any atom is -0.425 e. The van der Waals surface area contributed by atoms with E-state index in [4.69, 9.17) is 27.9 Å². The average Bonchev–Trinajstić information content (AvgIpc) is 2.72. The first-order chi connectivity index (χ1) is 11.8. The van der Waals surface area contributed by atoms with Crippen LogP contribution < -0.4 is 4.74 Å². The number of amides is 2. The van der Waals surface area contributed by atoms with Crippen LogP contribution in [-0.2, 0) is 4.79 Å². The molecule has 0 aliphatic carbocycles. The van der Waals surface area contributed by atoms with Gasteiger partial charge in [0.05, 0.1) is 21.2 Å². The number of nitrogens with zero attached hydrogens (tertiary/aromatic N) is 1. The van der Waals surface area contributed by atoms with Crippen LogP contribution in [0.4, 0.5) is 0 Å². The molecule has 0 atom stereocenters. The van der Waals surface area contributed by atoms with Gasteiger partial charge in [-0.3, -0.25) is 14.5 Å². The van der Waals surface area contributed by atoms with E-state index in [0.29, 0.717) is 5.75 Å². The Morgan fingerprint density at radius 3 is 1.88 bits per heavy atom. The number of ether oxygens (including phenoxy) is 1. The molecule has 5 nitrogen and oxygen atoms in total. The topological polar surface area (TPSA) is 63.7 Å². The Kier molecular flexibility index (Phi) is 4.54. The highest BCUT2D eigenvalue weighted by molar-refractivity contribution is 6.43. The first-order valence-corrected chi connectivity index (χ1v) is 8.16. The van der Waals surface area contributed by atoms with Crippen molar-refractivity contribution in [2.75, 3.05) is 6.54 Å². The number of hydrogen-bond donors (Lipinski definition) is 0. The van der Waals surface area contributed by atoms with Gasteiger partial charge in [0.25, 0.3) is 11.8 Å². The Labute approximate surface area is 154 Å². The molecule has 0 saturated heterocycles. The summed E-state index contributed by atoms with van der Waals surface area (Å²) >= 11 is 11.8. The molecule has 0 saturated carbocycles. The van der Waals surface area contributed by atoms with E-state index in [1.807, 2.05) is 19.9 Å². The van der Waals surface area contributed by atoms with Gasteiger partial charge >= 0.3 is 5.97 Å². The number of benzene rings is 2. The van der Waals surface area contributed by atoms with Crippen LogP contribution in [0.25, 0.3) is 0 Å². The summed E-state index contributed by atoms with van der Waals surface area (Å²) in [5.41, 5.74) is 2.12. The number of halogens is 2. The van der Waals surface area contributed by atoms with E-state index in [0.717, 1.165) is 16.0 Å². The number of esters is 1. The summed E-state index contributed by atoms with van der Waals surface area (Å²) in [6.07, 6.45) is 0. The van der Waals surface area contributed by atoms with E-state index in [9.17, 15) is 14.4 Å². The Morgan fingerprint density at radius 2 is 1.40 bits per heavy atom. The molecule has 3 rings (SSSR count). The molecular formula is C18H13Cl2NO4. The highest BCUT2D eigenvalue weighted by Gasteiger charge is 2.37. The minimum atomic E-state index is -0.711. The number of carbonyl (C=O) groups is 3. The second kappa shape index (κ2) is 6.50. The van der Waals surface area contributed by atoms with E-state index in [-0.39, 0.29) is 21.2 Å². The summed E-state index contributed by atoms with van der Waals surface area (Å²) in [7, 11) is 0. The molecule has 0 fully saturated rings. The summed E-state index contributed by atoms with van der Waals surface area (Å²) in [6.45, 7) is 3.26. The van der Waals surface area contributed by atoms with Gasteiger partial charge in [0, 0.05) is 0 Å². The quantitative estimate of drug-likeness (QED) is 0.463. The summed E-state index contributed by atoms with van der Waals surface area (Å²) in [5, 5.41) is 0.336. The molecule has 0 spiro atoms. The van der Waals surface area contributed by atoms with E-state index < -0.39 is 24.3 Å². The predicted octanol–water partition coefficient (Wildman–Crippen LogP) is 3.81. The highest BCUT2D eigenvalue weighted by Crippen LogP contribution is 2.31. The van der Waals surface area contributed by atoms with Crippen molar-refractivity contribution < 1.29 is 19.1 Å². The molecule has 1 heterocycles. The summed E-state index contributed by atoms with van der Waals surface area (Å²) in [4.78, 5) is 37.7. The fourth-order valence-electron chi connectivity index (χ4n) is 2.71. The van der Waals surface area contributed by atoms with Gasteiger partial charge in [-0.25, -0.2) is 4.79 Å². The van der Waals surface area contributed by atoms with E-state index in [1.54, 1.807) is 12.1 Å². The zero-order chi connectivity index (χ0) is 18.3. The molecule has 0 aromatic heterocycles. The maximum absolute atomic E-state index is 12.4. The predicted molar refractivity (Wildman–Crippen MR) is 93.4 cm³/mol. The lowest BCUT2D eigenvalue weighted by molar-refractivity contribution is -0.134. The molecule has 0 N–H and O–H groups in total. The molecular weight excluding hydrogens is 365 g/mol. The zero-order valence-electron chi connectivity index (χ0n) is 13.4. The molecule has 2 aromatic carbocycles. The van der Waals surface area contributed by atoms with Gasteiger partial charge in [0.1, 0.15) is 12.3 Å². The van der Waals surface area contributed by atoms with Gasteiger partial charge in [-0.2, -0.15) is 0 Å². The van der Waals surface area contributed by atoms with E-state index in [2.05, 4.69) is 0 Å². The number of imide groups is 1. The van der Waals surface area contributed by atoms with Crippen LogP contribution in [0.5, 0.6) is 5.75 Å². The summed E-state index contributed by atoms with van der Waals surface area (Å²) in [5.74, 6) is -1.55. The maximum Gasteiger partial charge on any atom is 0.331 e. The number of fused-ring (bicyclic) bond motifs is 1. The Bertz CT molecular complexity index is 862. The van der Waals surface area contributed by atoms with Crippen molar-refractivity contribution >= 4 is 41.0 Å². The molecule has 0 bridgehead atoms. The van der Waals surface area contributed by atoms with Gasteiger partial charge in [-0.15, -0.1) is 0 Å². The number of rotatable bonds is 3. The first-order valence-electron chi connectivity index (χ1n) is 7.40. The molecule has 7 heteroatoms. The molecule has 1 aliphatic rings. The van der Waals surface area contributed by atoms with E-state index in [1.165, 1.54) is 12.1 Å². The van der Waals surface area contributed by atoms with Crippen LogP contribution in [0.15, 0.2) is 30.3 Å². The van der Waals surface area contributed by atoms with Crippen molar-refractivity contribution in [2.24, 2.45) is 0 Å². The molecule has 25 heavy (non-hydrogen) atoms. The maximum atomic E-state index is 12.4. The van der Waals surface area contributed by atoms with E-state index >= 15 is 0 Å². The van der Waals surface area contributed by atoms with Crippen LogP contribution >= 0.6 is 23.2 Å². The normalized spacial score (nSPS) is 13.2. The van der Waals surface area contributed by atoms with Gasteiger partial charge in [-0.05, 0) is 49.2 Å². The Morgan fingerprint density at radius 1 is 0.920 bits per heavy atom. The van der Waals surface area contributed by atoms with Crippen molar-refractivity contribution in [3.05, 3.63) is 62.6 Å². The molecule has 128 valence electrons. The molecule has 0 unspecified atom stereocenters. The molecule has 1 aliphatic heterocycles. The van der Waals surface area contributed by atoms with Crippen molar-refractivity contribution in [1.29, 1.82) is 0 Å². The fraction of sp³-hybridized carbons (Fsp3) is 0.167. The van der Waals surface area contributed by atoms with Crippen LogP contribution in [0.3, 0.4) is 0 Å². The Balaban J connectivity index is 1.78. The van der Waals surface area contributed by atoms with Crippen molar-refractivity contribution in [1.82, 2.24) is 4.90 Å². The van der Waals surface area contributed by atoms with Crippen molar-refractivity contribution in [3.63, 3.8) is 0 Å². The first kappa shape index (κ1) is 17.5. The lowest BCUT2D eigenvalue weighted by Gasteiger charge is -2.13. The van der Waals surface area contributed by atoms with Crippen molar-refractivity contribution in [3.8, 4) is 5.75 Å². The van der Waals surface area contributed by atoms with Gasteiger partial charge < -0.3 is 4.74 Å². The summed E-state index contributed by atoms with van der Waals surface area (Å²) < 4.78 is 5.24. The number of carbonyl (C=O) groups excluding carboxylic acids is 3. The van der Waals surface area contributed by atoms with Crippen LogP contribution in [-0.4, -0.2) is 29.2 Å². The largest absolute Gasteiger partial charge is 0.425 e. The van der Waals surface area contributed by atoms with Gasteiger partial charge in [0.15, 0.2) is 0 Å². The number of hydrogen-bond acceptors (Lipinski definition) is 4. The lowest BCUT2D eigenvalue weighted by atomic mass is 10.1. The standard InChI is InChI=1S/C18H13Cl2NO4/c1-9-3-10(2)5-11(4-9)25-16(22)8-21-17(23)12-6-14(19)15(20)7-13(12)18(21)24/h3-7H,8H2,1-2H3. The molecule has 2 amide bonds. The van der Waals surface area contributed by atoms with Gasteiger partial charge in [-0.1, -0.05) is 29.3 Å². The third-order valence-corrected chi connectivity index (χ3v) is 4.45. The SMILES string of the molecule is Cc1cc(C)cc(OC(=O)CN2C(=O)c3cc(Cl)c(Cl)cc3C2=O)c1. The number of aryl methyl sites for hydroxylation is 2. The van der Waals surface area contributed by atoms with Gasteiger partial charge in [0.2, 0.25) is 0 Å². The third kappa shape index (κ3) is 3.38. The van der Waals surface area contributed by atoms with Crippen LogP contribution in [0.2, 0.25) is 10.0 Å². The minimum absolute atomic E-state index is 0.124. The smallest absolute Gasteiger partial charge is 0.331 e. The van der Waals surface area contributed by atoms with Crippen molar-refractivity contribution in [2.45, 2.75) is 13.8 Å². The van der Waals surface area contributed by atoms with Crippen LogP contribution in [0.1, 0.15) is 31.8 Å². The highest BCUT2D eigenvalue weighted by atomic mass is 35.5. The average molecular weight is 378 g/mol. The second-order valence-electron chi connectivity index (χ2n) is 5.81. The summed E-state index contributed by atoms with van der Waals surface area (Å²) in [6, 6.07) is 8.00. The Hall–Kier alpha value is -2.37.